The highest BCUT2D eigenvalue weighted by Crippen LogP contribution is 2.00. The lowest BCUT2D eigenvalue weighted by atomic mass is 9.79. The zero-order chi connectivity index (χ0) is 9.14. The van der Waals surface area contributed by atoms with Gasteiger partial charge in [0.05, 0.1) is 0 Å². The van der Waals surface area contributed by atoms with Gasteiger partial charge >= 0.3 is 7.12 Å². The van der Waals surface area contributed by atoms with Crippen molar-refractivity contribution >= 4 is 12.6 Å². The second kappa shape index (κ2) is 3.66. The van der Waals surface area contributed by atoms with E-state index in [2.05, 4.69) is 0 Å². The Kier molecular flexibility index (Phi) is 2.81. The smallest absolute Gasteiger partial charge is 0.423 e. The zero-order valence-electron chi connectivity index (χ0n) is 6.37. The monoisotopic (exact) mass is 169 g/mol. The van der Waals surface area contributed by atoms with Crippen molar-refractivity contribution in [2.75, 3.05) is 0 Å². The summed E-state index contributed by atoms with van der Waals surface area (Å²) in [6, 6.07) is 4.05. The Hall–Kier alpha value is -0.905. The van der Waals surface area contributed by atoms with Gasteiger partial charge in [0.2, 0.25) is 0 Å². The minimum atomic E-state index is -1.77. The Balaban J connectivity index is 3.03. The molecule has 4 N–H and O–H groups in total. The van der Waals surface area contributed by atoms with Gasteiger partial charge in [-0.05, 0) is 11.6 Å². The topological polar surface area (TPSA) is 66.5 Å². The molecule has 0 unspecified atom stereocenters. The number of nitrogens with two attached hydrogens (primary N) is 1. The SMILES string of the molecule is NCc1ccc(B(O)O)c(F)c1. The minimum absolute atomic E-state index is 0.132. The van der Waals surface area contributed by atoms with Crippen LogP contribution in [0, 0.1) is 5.82 Å². The number of benzene rings is 1. The highest BCUT2D eigenvalue weighted by atomic mass is 19.1. The van der Waals surface area contributed by atoms with Crippen LogP contribution in [0.5, 0.6) is 0 Å². The van der Waals surface area contributed by atoms with Crippen molar-refractivity contribution in [1.82, 2.24) is 0 Å². The van der Waals surface area contributed by atoms with Gasteiger partial charge < -0.3 is 15.8 Å². The van der Waals surface area contributed by atoms with E-state index in [4.69, 9.17) is 15.8 Å². The fraction of sp³-hybridized carbons (Fsp3) is 0.143. The van der Waals surface area contributed by atoms with Gasteiger partial charge in [-0.15, -0.1) is 0 Å². The van der Waals surface area contributed by atoms with Crippen molar-refractivity contribution in [3.05, 3.63) is 29.6 Å². The quantitative estimate of drug-likeness (QED) is 0.495. The maximum atomic E-state index is 12.9. The summed E-state index contributed by atoms with van der Waals surface area (Å²) in [5.41, 5.74) is 5.74. The molecular formula is C7H9BFNO2. The summed E-state index contributed by atoms with van der Waals surface area (Å²) in [6.07, 6.45) is 0. The van der Waals surface area contributed by atoms with E-state index in [0.29, 0.717) is 5.56 Å². The third-order valence-electron chi connectivity index (χ3n) is 1.58. The molecule has 5 heteroatoms. The lowest BCUT2D eigenvalue weighted by Gasteiger charge is -2.02. The first-order valence-electron chi connectivity index (χ1n) is 3.49. The van der Waals surface area contributed by atoms with Crippen LogP contribution in [0.1, 0.15) is 5.56 Å². The number of hydrogen-bond donors (Lipinski definition) is 3. The van der Waals surface area contributed by atoms with E-state index in [-0.39, 0.29) is 12.0 Å². The molecular weight excluding hydrogens is 160 g/mol. The van der Waals surface area contributed by atoms with Crippen LogP contribution < -0.4 is 11.2 Å². The first-order chi connectivity index (χ1) is 5.65. The fourth-order valence-corrected chi connectivity index (χ4v) is 0.907. The van der Waals surface area contributed by atoms with E-state index in [0.717, 1.165) is 0 Å². The summed E-state index contributed by atoms with van der Waals surface area (Å²) in [7, 11) is -1.77. The van der Waals surface area contributed by atoms with Crippen molar-refractivity contribution in [2.24, 2.45) is 5.73 Å². The summed E-state index contributed by atoms with van der Waals surface area (Å²) < 4.78 is 12.9. The highest BCUT2D eigenvalue weighted by molar-refractivity contribution is 6.58. The van der Waals surface area contributed by atoms with Crippen LogP contribution in [-0.4, -0.2) is 17.2 Å². The standard InChI is InChI=1S/C7H9BFNO2/c9-7-3-5(4-10)1-2-6(7)8(11)12/h1-3,11-12H,4,10H2. The molecule has 0 atom stereocenters. The summed E-state index contributed by atoms with van der Waals surface area (Å²) >= 11 is 0. The van der Waals surface area contributed by atoms with Gasteiger partial charge in [-0.25, -0.2) is 4.39 Å². The van der Waals surface area contributed by atoms with E-state index < -0.39 is 12.9 Å². The molecule has 0 aliphatic rings. The lowest BCUT2D eigenvalue weighted by Crippen LogP contribution is -2.32. The predicted molar refractivity (Wildman–Crippen MR) is 44.1 cm³/mol. The molecule has 0 bridgehead atoms. The molecule has 1 rings (SSSR count). The zero-order valence-corrected chi connectivity index (χ0v) is 6.37. The molecule has 0 spiro atoms. The van der Waals surface area contributed by atoms with Gasteiger partial charge in [0.1, 0.15) is 5.82 Å². The Morgan fingerprint density at radius 2 is 2.08 bits per heavy atom. The van der Waals surface area contributed by atoms with Gasteiger partial charge in [0.15, 0.2) is 0 Å². The van der Waals surface area contributed by atoms with Crippen LogP contribution in [0.25, 0.3) is 0 Å². The molecule has 0 saturated carbocycles. The number of hydrogen-bond acceptors (Lipinski definition) is 3. The van der Waals surface area contributed by atoms with E-state index in [1.807, 2.05) is 0 Å². The van der Waals surface area contributed by atoms with Gasteiger partial charge in [-0.2, -0.15) is 0 Å². The second-order valence-electron chi connectivity index (χ2n) is 2.43. The third kappa shape index (κ3) is 1.82. The third-order valence-corrected chi connectivity index (χ3v) is 1.58. The number of halogens is 1. The van der Waals surface area contributed by atoms with Gasteiger partial charge in [-0.3, -0.25) is 0 Å². The molecule has 12 heavy (non-hydrogen) atoms. The molecule has 1 aromatic rings. The van der Waals surface area contributed by atoms with Crippen LogP contribution >= 0.6 is 0 Å². The van der Waals surface area contributed by atoms with Crippen molar-refractivity contribution < 1.29 is 14.4 Å². The molecule has 0 fully saturated rings. The molecule has 64 valence electrons. The largest absolute Gasteiger partial charge is 0.491 e. The minimum Gasteiger partial charge on any atom is -0.423 e. The van der Waals surface area contributed by atoms with Crippen LogP contribution in [-0.2, 0) is 6.54 Å². The molecule has 0 amide bonds. The summed E-state index contributed by atoms with van der Waals surface area (Å²) in [6.45, 7) is 0.235. The van der Waals surface area contributed by atoms with E-state index in [1.54, 1.807) is 6.07 Å². The summed E-state index contributed by atoms with van der Waals surface area (Å²) in [4.78, 5) is 0. The predicted octanol–water partition coefficient (Wildman–Crippen LogP) is -1.04. The molecule has 0 radical (unpaired) electrons. The molecule has 0 aromatic heterocycles. The highest BCUT2D eigenvalue weighted by Gasteiger charge is 2.15. The van der Waals surface area contributed by atoms with Crippen molar-refractivity contribution in [3.8, 4) is 0 Å². The molecule has 3 nitrogen and oxygen atoms in total. The van der Waals surface area contributed by atoms with Gasteiger partial charge in [0, 0.05) is 12.0 Å². The molecule has 0 heterocycles. The van der Waals surface area contributed by atoms with Crippen molar-refractivity contribution in [1.29, 1.82) is 0 Å². The van der Waals surface area contributed by atoms with E-state index in [1.165, 1.54) is 12.1 Å². The summed E-state index contributed by atoms with van der Waals surface area (Å²) in [5.74, 6) is -0.645. The van der Waals surface area contributed by atoms with Crippen molar-refractivity contribution in [3.63, 3.8) is 0 Å². The van der Waals surface area contributed by atoms with E-state index >= 15 is 0 Å². The van der Waals surface area contributed by atoms with Crippen LogP contribution in [0.2, 0.25) is 0 Å². The molecule has 0 aliphatic carbocycles. The maximum absolute atomic E-state index is 12.9. The summed E-state index contributed by atoms with van der Waals surface area (Å²) in [5, 5.41) is 17.3. The van der Waals surface area contributed by atoms with Crippen LogP contribution in [0.15, 0.2) is 18.2 Å². The number of rotatable bonds is 2. The average Bonchev–Trinajstić information content (AvgIpc) is 2.03. The second-order valence-corrected chi connectivity index (χ2v) is 2.43. The van der Waals surface area contributed by atoms with Crippen LogP contribution in [0.4, 0.5) is 4.39 Å². The lowest BCUT2D eigenvalue weighted by molar-refractivity contribution is 0.423. The normalized spacial score (nSPS) is 10.0. The van der Waals surface area contributed by atoms with Gasteiger partial charge in [0.25, 0.3) is 0 Å². The van der Waals surface area contributed by atoms with Crippen LogP contribution in [0.3, 0.4) is 0 Å². The average molecular weight is 169 g/mol. The fourth-order valence-electron chi connectivity index (χ4n) is 0.907. The van der Waals surface area contributed by atoms with E-state index in [9.17, 15) is 4.39 Å². The Labute approximate surface area is 69.8 Å². The van der Waals surface area contributed by atoms with Crippen molar-refractivity contribution in [2.45, 2.75) is 6.54 Å². The first kappa shape index (κ1) is 9.19. The molecule has 0 saturated heterocycles. The van der Waals surface area contributed by atoms with Gasteiger partial charge in [-0.1, -0.05) is 12.1 Å². The Morgan fingerprint density at radius 1 is 1.42 bits per heavy atom. The maximum Gasteiger partial charge on any atom is 0.491 e. The molecule has 1 aromatic carbocycles. The first-order valence-corrected chi connectivity index (χ1v) is 3.49. The Morgan fingerprint density at radius 3 is 2.50 bits per heavy atom. The Bertz CT molecular complexity index is 280. The molecule has 0 aliphatic heterocycles.